The Morgan fingerprint density at radius 2 is 1.65 bits per heavy atom. The van der Waals surface area contributed by atoms with Gasteiger partial charge < -0.3 is 10.2 Å². The first-order valence-electron chi connectivity index (χ1n) is 9.88. The van der Waals surface area contributed by atoms with Crippen molar-refractivity contribution in [3.05, 3.63) is 64.7 Å². The topological polar surface area (TPSA) is 86.8 Å². The van der Waals surface area contributed by atoms with E-state index in [2.05, 4.69) is 5.32 Å². The van der Waals surface area contributed by atoms with E-state index in [0.717, 1.165) is 15.4 Å². The van der Waals surface area contributed by atoms with Gasteiger partial charge in [0.25, 0.3) is 0 Å². The molecule has 1 N–H and O–H groups in total. The highest BCUT2D eigenvalue weighted by atomic mass is 35.5. The summed E-state index contributed by atoms with van der Waals surface area (Å²) >= 11 is 5.84. The van der Waals surface area contributed by atoms with Gasteiger partial charge in [0.15, 0.2) is 0 Å². The fourth-order valence-corrected chi connectivity index (χ4v) is 4.38. The number of carbonyl (C=O) groups is 2. The molecule has 0 saturated carbocycles. The largest absolute Gasteiger partial charge is 0.357 e. The van der Waals surface area contributed by atoms with E-state index in [1.165, 1.54) is 43.3 Å². The predicted molar refractivity (Wildman–Crippen MR) is 121 cm³/mol. The summed E-state index contributed by atoms with van der Waals surface area (Å²) < 4.78 is 26.7. The van der Waals surface area contributed by atoms with Crippen molar-refractivity contribution in [2.45, 2.75) is 37.8 Å². The van der Waals surface area contributed by atoms with Crippen LogP contribution in [0.5, 0.6) is 0 Å². The van der Waals surface area contributed by atoms with E-state index >= 15 is 0 Å². The fourth-order valence-electron chi connectivity index (χ4n) is 3.13. The Hall–Kier alpha value is -2.42. The van der Waals surface area contributed by atoms with Crippen molar-refractivity contribution in [2.24, 2.45) is 0 Å². The van der Waals surface area contributed by atoms with Gasteiger partial charge in [0, 0.05) is 25.7 Å². The molecule has 2 aromatic rings. The lowest BCUT2D eigenvalue weighted by atomic mass is 10.1. The molecule has 9 heteroatoms. The van der Waals surface area contributed by atoms with Crippen molar-refractivity contribution in [1.29, 1.82) is 0 Å². The normalized spacial score (nSPS) is 12.5. The van der Waals surface area contributed by atoms with Crippen LogP contribution in [0.1, 0.15) is 24.5 Å². The van der Waals surface area contributed by atoms with E-state index in [0.29, 0.717) is 11.4 Å². The van der Waals surface area contributed by atoms with E-state index in [4.69, 9.17) is 11.6 Å². The number of likely N-dealkylation sites (N-methyl/N-ethyl adjacent to an activating group) is 2. The minimum absolute atomic E-state index is 0.0376. The number of nitrogens with one attached hydrogen (secondary N) is 1. The van der Waals surface area contributed by atoms with Gasteiger partial charge in [-0.25, -0.2) is 8.42 Å². The van der Waals surface area contributed by atoms with Crippen molar-refractivity contribution in [1.82, 2.24) is 14.5 Å². The van der Waals surface area contributed by atoms with Crippen LogP contribution in [0.15, 0.2) is 53.4 Å². The quantitative estimate of drug-likeness (QED) is 0.617. The fraction of sp³-hybridized carbons (Fsp3) is 0.364. The van der Waals surface area contributed by atoms with Gasteiger partial charge in [-0.1, -0.05) is 48.4 Å². The minimum Gasteiger partial charge on any atom is -0.357 e. The Kier molecular flexibility index (Phi) is 8.61. The molecule has 0 aromatic heterocycles. The molecule has 2 aromatic carbocycles. The molecular formula is C22H28ClN3O4S. The number of benzene rings is 2. The number of hydrogen-bond donors (Lipinski definition) is 1. The Balaban J connectivity index is 2.29. The molecule has 0 unspecified atom stereocenters. The van der Waals surface area contributed by atoms with Gasteiger partial charge in [0.05, 0.1) is 11.4 Å². The van der Waals surface area contributed by atoms with Gasteiger partial charge in [0.1, 0.15) is 6.04 Å². The third-order valence-corrected chi connectivity index (χ3v) is 7.06. The molecule has 0 aliphatic heterocycles. The summed E-state index contributed by atoms with van der Waals surface area (Å²) in [4.78, 5) is 27.1. The lowest BCUT2D eigenvalue weighted by molar-refractivity contribution is -0.141. The molecule has 0 saturated heterocycles. The van der Waals surface area contributed by atoms with E-state index in [1.54, 1.807) is 0 Å². The monoisotopic (exact) mass is 465 g/mol. The molecule has 0 radical (unpaired) electrons. The first kappa shape index (κ1) is 24.8. The Morgan fingerprint density at radius 1 is 1.06 bits per heavy atom. The summed E-state index contributed by atoms with van der Waals surface area (Å²) in [5, 5.41) is 3.00. The molecule has 0 fully saturated rings. The molecule has 0 spiro atoms. The lowest BCUT2D eigenvalue weighted by Gasteiger charge is -2.31. The van der Waals surface area contributed by atoms with Crippen LogP contribution in [0, 0.1) is 6.92 Å². The Morgan fingerprint density at radius 3 is 2.16 bits per heavy atom. The number of nitrogens with zero attached hydrogens (tertiary/aromatic N) is 2. The third-order valence-electron chi connectivity index (χ3n) is 4.99. The van der Waals surface area contributed by atoms with Crippen LogP contribution in [-0.4, -0.2) is 56.1 Å². The van der Waals surface area contributed by atoms with Crippen LogP contribution in [-0.2, 0) is 26.2 Å². The second-order valence-electron chi connectivity index (χ2n) is 7.26. The zero-order chi connectivity index (χ0) is 23.2. The maximum absolute atomic E-state index is 13.2. The summed E-state index contributed by atoms with van der Waals surface area (Å²) in [5.74, 6) is -0.762. The van der Waals surface area contributed by atoms with Crippen LogP contribution in [0.4, 0.5) is 0 Å². The summed E-state index contributed by atoms with van der Waals surface area (Å²) in [6.07, 6.45) is 0.394. The zero-order valence-electron chi connectivity index (χ0n) is 18.1. The molecular weight excluding hydrogens is 438 g/mol. The number of carbonyl (C=O) groups excluding carboxylic acids is 2. The maximum Gasteiger partial charge on any atom is 0.243 e. The number of sulfonamides is 1. The van der Waals surface area contributed by atoms with E-state index in [1.807, 2.05) is 38.1 Å². The van der Waals surface area contributed by atoms with Crippen molar-refractivity contribution in [2.75, 3.05) is 20.6 Å². The smallest absolute Gasteiger partial charge is 0.243 e. The summed E-state index contributed by atoms with van der Waals surface area (Å²) in [6, 6.07) is 12.7. The summed E-state index contributed by atoms with van der Waals surface area (Å²) in [7, 11) is -1.04. The zero-order valence-corrected chi connectivity index (χ0v) is 19.7. The SMILES string of the molecule is CC[C@H](C(=O)NC)N(Cc1ccc(C)cc1)C(=O)CN(C)S(=O)(=O)c1ccc(Cl)cc1. The number of amides is 2. The molecule has 2 rings (SSSR count). The number of aryl methyl sites for hydroxylation is 1. The van der Waals surface area contributed by atoms with Crippen molar-refractivity contribution in [3.8, 4) is 0 Å². The molecule has 168 valence electrons. The minimum atomic E-state index is -3.89. The second kappa shape index (κ2) is 10.7. The molecule has 1 atom stereocenters. The van der Waals surface area contributed by atoms with Crippen LogP contribution in [0.25, 0.3) is 0 Å². The number of halogens is 1. The van der Waals surface area contributed by atoms with Gasteiger partial charge >= 0.3 is 0 Å². The van der Waals surface area contributed by atoms with E-state index < -0.39 is 28.5 Å². The predicted octanol–water partition coefficient (Wildman–Crippen LogP) is 2.82. The average Bonchev–Trinajstić information content (AvgIpc) is 2.74. The molecule has 0 heterocycles. The summed E-state index contributed by atoms with van der Waals surface area (Å²) in [5.41, 5.74) is 1.93. The second-order valence-corrected chi connectivity index (χ2v) is 9.74. The average molecular weight is 466 g/mol. The van der Waals surface area contributed by atoms with Gasteiger partial charge in [-0.3, -0.25) is 9.59 Å². The van der Waals surface area contributed by atoms with Gasteiger partial charge in [0.2, 0.25) is 21.8 Å². The van der Waals surface area contributed by atoms with E-state index in [9.17, 15) is 18.0 Å². The highest BCUT2D eigenvalue weighted by Gasteiger charge is 2.31. The number of rotatable bonds is 9. The first-order chi connectivity index (χ1) is 14.6. The van der Waals surface area contributed by atoms with Gasteiger partial charge in [-0.2, -0.15) is 4.31 Å². The lowest BCUT2D eigenvalue weighted by Crippen LogP contribution is -2.51. The highest BCUT2D eigenvalue weighted by Crippen LogP contribution is 2.19. The Labute approximate surface area is 189 Å². The van der Waals surface area contributed by atoms with Crippen molar-refractivity contribution in [3.63, 3.8) is 0 Å². The standard InChI is InChI=1S/C22H28ClN3O4S/c1-5-20(22(28)24-3)26(14-17-8-6-16(2)7-9-17)21(27)15-25(4)31(29,30)19-12-10-18(23)11-13-19/h6-13,20H,5,14-15H2,1-4H3,(H,24,28)/t20-/m1/s1. The number of hydrogen-bond acceptors (Lipinski definition) is 4. The summed E-state index contributed by atoms with van der Waals surface area (Å²) in [6.45, 7) is 3.57. The molecule has 31 heavy (non-hydrogen) atoms. The molecule has 0 aliphatic carbocycles. The van der Waals surface area contributed by atoms with Crippen molar-refractivity contribution >= 4 is 33.4 Å². The third kappa shape index (κ3) is 6.29. The molecule has 0 aliphatic rings. The molecule has 0 bridgehead atoms. The van der Waals surface area contributed by atoms with E-state index in [-0.39, 0.29) is 17.3 Å². The van der Waals surface area contributed by atoms with Crippen LogP contribution in [0.3, 0.4) is 0 Å². The van der Waals surface area contributed by atoms with Gasteiger partial charge in [-0.15, -0.1) is 0 Å². The van der Waals surface area contributed by atoms with Crippen LogP contribution < -0.4 is 5.32 Å². The Bertz CT molecular complexity index is 1010. The first-order valence-corrected chi connectivity index (χ1v) is 11.7. The molecule has 7 nitrogen and oxygen atoms in total. The van der Waals surface area contributed by atoms with Crippen LogP contribution >= 0.6 is 11.6 Å². The highest BCUT2D eigenvalue weighted by molar-refractivity contribution is 7.89. The van der Waals surface area contributed by atoms with Crippen molar-refractivity contribution < 1.29 is 18.0 Å². The maximum atomic E-state index is 13.2. The van der Waals surface area contributed by atoms with Gasteiger partial charge in [-0.05, 0) is 43.2 Å². The molecule has 2 amide bonds. The van der Waals surface area contributed by atoms with Crippen LogP contribution in [0.2, 0.25) is 5.02 Å².